The van der Waals surface area contributed by atoms with Crippen LogP contribution in [0.15, 0.2) is 18.2 Å². The molecule has 0 bridgehead atoms. The molecule has 1 amide bonds. The second-order valence-corrected chi connectivity index (χ2v) is 5.52. The third-order valence-electron chi connectivity index (χ3n) is 3.42. The van der Waals surface area contributed by atoms with Gasteiger partial charge in [0.2, 0.25) is 0 Å². The second-order valence-electron chi connectivity index (χ2n) is 5.08. The van der Waals surface area contributed by atoms with Crippen molar-refractivity contribution in [2.24, 2.45) is 0 Å². The fourth-order valence-corrected chi connectivity index (χ4v) is 2.36. The van der Waals surface area contributed by atoms with Gasteiger partial charge in [0, 0.05) is 31.2 Å². The van der Waals surface area contributed by atoms with Gasteiger partial charge in [-0.25, -0.2) is 0 Å². The molecule has 110 valence electrons. The van der Waals surface area contributed by atoms with E-state index in [1.54, 1.807) is 18.2 Å². The molecule has 0 unspecified atom stereocenters. The molecule has 1 aliphatic rings. The summed E-state index contributed by atoms with van der Waals surface area (Å²) in [4.78, 5) is 16.7. The van der Waals surface area contributed by atoms with Crippen LogP contribution in [0.2, 0.25) is 5.02 Å². The Morgan fingerprint density at radius 3 is 2.65 bits per heavy atom. The Hall–Kier alpha value is -1.26. The number of rotatable bonds is 4. The number of amides is 1. The monoisotopic (exact) mass is 296 g/mol. The maximum Gasteiger partial charge on any atom is 0.257 e. The number of benzene rings is 1. The number of piperazine rings is 1. The van der Waals surface area contributed by atoms with Gasteiger partial charge in [-0.2, -0.15) is 0 Å². The van der Waals surface area contributed by atoms with Crippen molar-refractivity contribution in [2.45, 2.75) is 13.3 Å². The van der Waals surface area contributed by atoms with Crippen LogP contribution in [0.4, 0.5) is 0 Å². The normalized spacial score (nSPS) is 16.2. The third-order valence-corrected chi connectivity index (χ3v) is 3.66. The molecule has 1 heterocycles. The predicted molar refractivity (Wildman–Crippen MR) is 80.6 cm³/mol. The number of hydrogen-bond acceptors (Lipinski definition) is 3. The van der Waals surface area contributed by atoms with Gasteiger partial charge in [-0.15, -0.1) is 0 Å². The number of nitrogens with zero attached hydrogens (tertiary/aromatic N) is 2. The summed E-state index contributed by atoms with van der Waals surface area (Å²) in [6, 6.07) is 5.24. The van der Waals surface area contributed by atoms with E-state index in [0.717, 1.165) is 32.6 Å². The summed E-state index contributed by atoms with van der Waals surface area (Å²) in [6.45, 7) is 5.93. The van der Waals surface area contributed by atoms with Gasteiger partial charge in [0.25, 0.3) is 5.91 Å². The van der Waals surface area contributed by atoms with Gasteiger partial charge in [0.1, 0.15) is 5.75 Å². The van der Waals surface area contributed by atoms with E-state index in [-0.39, 0.29) is 5.91 Å². The van der Waals surface area contributed by atoms with Crippen molar-refractivity contribution in [3.8, 4) is 5.75 Å². The highest BCUT2D eigenvalue weighted by Crippen LogP contribution is 2.25. The molecule has 1 saturated heterocycles. The highest BCUT2D eigenvalue weighted by molar-refractivity contribution is 6.31. The third kappa shape index (κ3) is 3.64. The number of ether oxygens (including phenoxy) is 1. The molecule has 20 heavy (non-hydrogen) atoms. The van der Waals surface area contributed by atoms with Crippen LogP contribution in [0.1, 0.15) is 23.7 Å². The van der Waals surface area contributed by atoms with E-state index in [0.29, 0.717) is 22.9 Å². The molecule has 0 aromatic heterocycles. The lowest BCUT2D eigenvalue weighted by Crippen LogP contribution is -2.47. The van der Waals surface area contributed by atoms with E-state index in [9.17, 15) is 4.79 Å². The first-order valence-corrected chi connectivity index (χ1v) is 7.39. The molecule has 0 atom stereocenters. The Labute approximate surface area is 125 Å². The Morgan fingerprint density at radius 2 is 2.00 bits per heavy atom. The van der Waals surface area contributed by atoms with Crippen molar-refractivity contribution in [2.75, 3.05) is 39.8 Å². The predicted octanol–water partition coefficient (Wildman–Crippen LogP) is 2.52. The van der Waals surface area contributed by atoms with Gasteiger partial charge >= 0.3 is 0 Å². The van der Waals surface area contributed by atoms with E-state index >= 15 is 0 Å². The SMILES string of the molecule is CCCOc1ccc(Cl)cc1C(=O)N1CCN(C)CC1. The zero-order valence-corrected chi connectivity index (χ0v) is 12.8. The smallest absolute Gasteiger partial charge is 0.257 e. The van der Waals surface area contributed by atoms with Crippen molar-refractivity contribution in [1.29, 1.82) is 0 Å². The molecule has 0 N–H and O–H groups in total. The van der Waals surface area contributed by atoms with Crippen molar-refractivity contribution in [3.05, 3.63) is 28.8 Å². The summed E-state index contributed by atoms with van der Waals surface area (Å²) in [5, 5.41) is 0.561. The lowest BCUT2D eigenvalue weighted by Gasteiger charge is -2.32. The quantitative estimate of drug-likeness (QED) is 0.856. The molecule has 4 nitrogen and oxygen atoms in total. The minimum Gasteiger partial charge on any atom is -0.493 e. The largest absolute Gasteiger partial charge is 0.493 e. The lowest BCUT2D eigenvalue weighted by atomic mass is 10.1. The van der Waals surface area contributed by atoms with E-state index < -0.39 is 0 Å². The number of likely N-dealkylation sites (N-methyl/N-ethyl adjacent to an activating group) is 1. The van der Waals surface area contributed by atoms with Gasteiger partial charge < -0.3 is 14.5 Å². The number of carbonyl (C=O) groups is 1. The number of halogens is 1. The summed E-state index contributed by atoms with van der Waals surface area (Å²) in [5.41, 5.74) is 0.565. The van der Waals surface area contributed by atoms with Crippen molar-refractivity contribution >= 4 is 17.5 Å². The summed E-state index contributed by atoms with van der Waals surface area (Å²) >= 11 is 6.02. The summed E-state index contributed by atoms with van der Waals surface area (Å²) in [5.74, 6) is 0.631. The van der Waals surface area contributed by atoms with Gasteiger partial charge in [-0.1, -0.05) is 18.5 Å². The molecule has 1 aliphatic heterocycles. The Balaban J connectivity index is 2.17. The first-order chi connectivity index (χ1) is 9.61. The lowest BCUT2D eigenvalue weighted by molar-refractivity contribution is 0.0660. The maximum atomic E-state index is 12.6. The molecule has 2 rings (SSSR count). The minimum absolute atomic E-state index is 0.00621. The number of carbonyl (C=O) groups excluding carboxylic acids is 1. The Morgan fingerprint density at radius 1 is 1.30 bits per heavy atom. The van der Waals surface area contributed by atoms with E-state index in [4.69, 9.17) is 16.3 Å². The van der Waals surface area contributed by atoms with Crippen molar-refractivity contribution < 1.29 is 9.53 Å². The topological polar surface area (TPSA) is 32.8 Å². The average Bonchev–Trinajstić information content (AvgIpc) is 2.46. The van der Waals surface area contributed by atoms with Gasteiger partial charge in [0.05, 0.1) is 12.2 Å². The minimum atomic E-state index is 0.00621. The fraction of sp³-hybridized carbons (Fsp3) is 0.533. The van der Waals surface area contributed by atoms with E-state index in [2.05, 4.69) is 11.9 Å². The van der Waals surface area contributed by atoms with Gasteiger partial charge in [-0.05, 0) is 31.7 Å². The standard InChI is InChI=1S/C15H21ClN2O2/c1-3-10-20-14-5-4-12(16)11-13(14)15(19)18-8-6-17(2)7-9-18/h4-5,11H,3,6-10H2,1-2H3. The highest BCUT2D eigenvalue weighted by atomic mass is 35.5. The second kappa shape index (κ2) is 6.95. The molecule has 1 fully saturated rings. The summed E-state index contributed by atoms with van der Waals surface area (Å²) < 4.78 is 5.66. The van der Waals surface area contributed by atoms with Crippen LogP contribution in [0.5, 0.6) is 5.75 Å². The fourth-order valence-electron chi connectivity index (χ4n) is 2.19. The zero-order valence-electron chi connectivity index (χ0n) is 12.1. The van der Waals surface area contributed by atoms with Crippen LogP contribution in [0.3, 0.4) is 0 Å². The Bertz CT molecular complexity index is 471. The van der Waals surface area contributed by atoms with Crippen LogP contribution < -0.4 is 4.74 Å². The number of hydrogen-bond donors (Lipinski definition) is 0. The molecule has 5 heteroatoms. The van der Waals surface area contributed by atoms with E-state index in [1.165, 1.54) is 0 Å². The molecule has 1 aromatic carbocycles. The maximum absolute atomic E-state index is 12.6. The molecule has 0 aliphatic carbocycles. The van der Waals surface area contributed by atoms with Gasteiger partial charge in [-0.3, -0.25) is 4.79 Å². The zero-order chi connectivity index (χ0) is 14.5. The molecule has 0 radical (unpaired) electrons. The Kier molecular flexibility index (Phi) is 5.26. The van der Waals surface area contributed by atoms with Crippen LogP contribution in [-0.2, 0) is 0 Å². The molecular weight excluding hydrogens is 276 g/mol. The molecule has 1 aromatic rings. The molecular formula is C15H21ClN2O2. The molecule has 0 saturated carbocycles. The van der Waals surface area contributed by atoms with Crippen LogP contribution in [0, 0.1) is 0 Å². The average molecular weight is 297 g/mol. The summed E-state index contributed by atoms with van der Waals surface area (Å²) in [6.07, 6.45) is 0.908. The molecule has 0 spiro atoms. The highest BCUT2D eigenvalue weighted by Gasteiger charge is 2.23. The van der Waals surface area contributed by atoms with Crippen molar-refractivity contribution in [3.63, 3.8) is 0 Å². The van der Waals surface area contributed by atoms with Crippen LogP contribution in [0.25, 0.3) is 0 Å². The van der Waals surface area contributed by atoms with Crippen LogP contribution >= 0.6 is 11.6 Å². The van der Waals surface area contributed by atoms with E-state index in [1.807, 2.05) is 11.8 Å². The van der Waals surface area contributed by atoms with Crippen LogP contribution in [-0.4, -0.2) is 55.5 Å². The van der Waals surface area contributed by atoms with Gasteiger partial charge in [0.15, 0.2) is 0 Å². The first-order valence-electron chi connectivity index (χ1n) is 7.02. The first kappa shape index (κ1) is 15.1. The van der Waals surface area contributed by atoms with Crippen molar-refractivity contribution in [1.82, 2.24) is 9.80 Å². The summed E-state index contributed by atoms with van der Waals surface area (Å²) in [7, 11) is 2.07.